The van der Waals surface area contributed by atoms with Crippen LogP contribution in [0.25, 0.3) is 16.9 Å². The van der Waals surface area contributed by atoms with Gasteiger partial charge in [-0.15, -0.1) is 5.10 Å². The normalized spacial score (nSPS) is 14.6. The van der Waals surface area contributed by atoms with Gasteiger partial charge < -0.3 is 20.1 Å². The van der Waals surface area contributed by atoms with Gasteiger partial charge in [-0.05, 0) is 37.1 Å². The Morgan fingerprint density at radius 2 is 1.93 bits per heavy atom. The number of carbonyl (C=O) groups excluding carboxylic acids is 1. The molecule has 0 saturated heterocycles. The van der Waals surface area contributed by atoms with Gasteiger partial charge in [-0.1, -0.05) is 19.3 Å². The molecular formula is C21H25N5O3. The number of amides is 2. The number of hydrogen-bond acceptors (Lipinski definition) is 5. The van der Waals surface area contributed by atoms with E-state index in [-0.39, 0.29) is 12.1 Å². The predicted octanol–water partition coefficient (Wildman–Crippen LogP) is 3.87. The van der Waals surface area contributed by atoms with Crippen molar-refractivity contribution in [3.05, 3.63) is 36.5 Å². The Hall–Kier alpha value is -3.29. The summed E-state index contributed by atoms with van der Waals surface area (Å²) < 4.78 is 12.2. The van der Waals surface area contributed by atoms with Gasteiger partial charge in [0.2, 0.25) is 5.88 Å². The number of carbonyl (C=O) groups is 1. The molecule has 4 rings (SSSR count). The molecule has 152 valence electrons. The molecule has 0 aliphatic heterocycles. The van der Waals surface area contributed by atoms with Crippen LogP contribution in [0.5, 0.6) is 11.6 Å². The molecule has 1 fully saturated rings. The second-order valence-electron chi connectivity index (χ2n) is 7.15. The standard InChI is InChI=1S/C21H25N5O3/c1-28-18-9-8-14(17-13-26-19(23-17)10-11-20(25-26)29-2)12-16(18)24-21(27)22-15-6-4-3-5-7-15/h8-13,15H,3-7H2,1-2H3,(H2,22,24,27). The molecule has 29 heavy (non-hydrogen) atoms. The molecule has 2 aromatic heterocycles. The molecule has 2 heterocycles. The SMILES string of the molecule is COc1ccc2nc(-c3ccc(OC)c(NC(=O)NC4CCCCC4)c3)cn2n1. The second-order valence-corrected chi connectivity index (χ2v) is 7.15. The summed E-state index contributed by atoms with van der Waals surface area (Å²) in [4.78, 5) is 17.1. The van der Waals surface area contributed by atoms with Crippen LogP contribution in [0.15, 0.2) is 36.5 Å². The molecule has 0 atom stereocenters. The number of urea groups is 1. The number of imidazole rings is 1. The van der Waals surface area contributed by atoms with Crippen LogP contribution in [0.3, 0.4) is 0 Å². The topological polar surface area (TPSA) is 89.8 Å². The van der Waals surface area contributed by atoms with Gasteiger partial charge >= 0.3 is 6.03 Å². The van der Waals surface area contributed by atoms with Gasteiger partial charge in [-0.25, -0.2) is 14.3 Å². The summed E-state index contributed by atoms with van der Waals surface area (Å²) in [6, 6.07) is 9.22. The average Bonchev–Trinajstić information content (AvgIpc) is 3.17. The molecule has 0 spiro atoms. The van der Waals surface area contributed by atoms with Crippen molar-refractivity contribution >= 4 is 17.4 Å². The Morgan fingerprint density at radius 3 is 2.69 bits per heavy atom. The summed E-state index contributed by atoms with van der Waals surface area (Å²) in [5.74, 6) is 1.11. The van der Waals surface area contributed by atoms with Crippen LogP contribution in [0.4, 0.5) is 10.5 Å². The number of hydrogen-bond donors (Lipinski definition) is 2. The maximum atomic E-state index is 12.5. The molecule has 0 radical (unpaired) electrons. The minimum absolute atomic E-state index is 0.214. The van der Waals surface area contributed by atoms with E-state index in [9.17, 15) is 4.79 Å². The van der Waals surface area contributed by atoms with E-state index in [1.165, 1.54) is 6.42 Å². The summed E-state index contributed by atoms with van der Waals surface area (Å²) in [5, 5.41) is 10.3. The fraction of sp³-hybridized carbons (Fsp3) is 0.381. The van der Waals surface area contributed by atoms with Crippen LogP contribution in [-0.2, 0) is 0 Å². The van der Waals surface area contributed by atoms with Crippen LogP contribution < -0.4 is 20.1 Å². The first-order valence-electron chi connectivity index (χ1n) is 9.82. The van der Waals surface area contributed by atoms with Gasteiger partial charge in [0.1, 0.15) is 5.75 Å². The first-order chi connectivity index (χ1) is 14.2. The monoisotopic (exact) mass is 395 g/mol. The van der Waals surface area contributed by atoms with E-state index in [0.29, 0.717) is 23.0 Å². The van der Waals surface area contributed by atoms with Crippen molar-refractivity contribution in [2.24, 2.45) is 0 Å². The molecule has 1 aromatic carbocycles. The highest BCUT2D eigenvalue weighted by Gasteiger charge is 2.17. The molecule has 3 aromatic rings. The summed E-state index contributed by atoms with van der Waals surface area (Å²) in [7, 11) is 3.16. The number of aromatic nitrogens is 3. The largest absolute Gasteiger partial charge is 0.495 e. The number of nitrogens with zero attached hydrogens (tertiary/aromatic N) is 3. The van der Waals surface area contributed by atoms with Gasteiger partial charge in [-0.3, -0.25) is 0 Å². The van der Waals surface area contributed by atoms with Crippen molar-refractivity contribution in [2.45, 2.75) is 38.1 Å². The third kappa shape index (κ3) is 4.26. The number of fused-ring (bicyclic) bond motifs is 1. The van der Waals surface area contributed by atoms with E-state index >= 15 is 0 Å². The van der Waals surface area contributed by atoms with Gasteiger partial charge in [-0.2, -0.15) is 0 Å². The van der Waals surface area contributed by atoms with Gasteiger partial charge in [0.25, 0.3) is 0 Å². The van der Waals surface area contributed by atoms with Gasteiger partial charge in [0.05, 0.1) is 31.8 Å². The molecule has 8 heteroatoms. The van der Waals surface area contributed by atoms with Crippen molar-refractivity contribution in [2.75, 3.05) is 19.5 Å². The molecular weight excluding hydrogens is 370 g/mol. The van der Waals surface area contributed by atoms with E-state index in [2.05, 4.69) is 20.7 Å². The quantitative estimate of drug-likeness (QED) is 0.685. The Kier molecular flexibility index (Phi) is 5.50. The van der Waals surface area contributed by atoms with E-state index < -0.39 is 0 Å². The predicted molar refractivity (Wildman–Crippen MR) is 111 cm³/mol. The third-order valence-corrected chi connectivity index (χ3v) is 5.19. The molecule has 2 amide bonds. The zero-order chi connectivity index (χ0) is 20.2. The Morgan fingerprint density at radius 1 is 1.10 bits per heavy atom. The maximum absolute atomic E-state index is 12.5. The van der Waals surface area contributed by atoms with Crippen LogP contribution >= 0.6 is 0 Å². The summed E-state index contributed by atoms with van der Waals surface area (Å²) in [6.45, 7) is 0. The molecule has 0 bridgehead atoms. The third-order valence-electron chi connectivity index (χ3n) is 5.19. The van der Waals surface area contributed by atoms with Crippen LogP contribution in [0, 0.1) is 0 Å². The highest BCUT2D eigenvalue weighted by atomic mass is 16.5. The summed E-state index contributed by atoms with van der Waals surface area (Å²) in [6.07, 6.45) is 7.46. The highest BCUT2D eigenvalue weighted by Crippen LogP contribution is 2.30. The fourth-order valence-corrected chi connectivity index (χ4v) is 3.67. The minimum atomic E-state index is -0.214. The van der Waals surface area contributed by atoms with Crippen molar-refractivity contribution in [3.63, 3.8) is 0 Å². The zero-order valence-corrected chi connectivity index (χ0v) is 16.6. The fourth-order valence-electron chi connectivity index (χ4n) is 3.67. The Bertz CT molecular complexity index is 1010. The van der Waals surface area contributed by atoms with Crippen LogP contribution in [-0.4, -0.2) is 40.9 Å². The van der Waals surface area contributed by atoms with E-state index in [1.807, 2.05) is 30.5 Å². The van der Waals surface area contributed by atoms with Gasteiger partial charge in [0, 0.05) is 17.7 Å². The van der Waals surface area contributed by atoms with Crippen molar-refractivity contribution in [3.8, 4) is 22.9 Å². The second kappa shape index (κ2) is 8.38. The number of anilines is 1. The Balaban J connectivity index is 1.56. The molecule has 8 nitrogen and oxygen atoms in total. The number of methoxy groups -OCH3 is 2. The lowest BCUT2D eigenvalue weighted by Gasteiger charge is -2.23. The Labute approximate surface area is 169 Å². The van der Waals surface area contributed by atoms with E-state index in [1.54, 1.807) is 24.8 Å². The van der Waals surface area contributed by atoms with Crippen molar-refractivity contribution < 1.29 is 14.3 Å². The number of benzene rings is 1. The lowest BCUT2D eigenvalue weighted by molar-refractivity contribution is 0.244. The molecule has 1 saturated carbocycles. The molecule has 0 unspecified atom stereocenters. The van der Waals surface area contributed by atoms with Gasteiger partial charge in [0.15, 0.2) is 5.65 Å². The smallest absolute Gasteiger partial charge is 0.319 e. The lowest BCUT2D eigenvalue weighted by atomic mass is 9.96. The maximum Gasteiger partial charge on any atom is 0.319 e. The van der Waals surface area contributed by atoms with Crippen LogP contribution in [0.2, 0.25) is 0 Å². The lowest BCUT2D eigenvalue weighted by Crippen LogP contribution is -2.39. The number of rotatable bonds is 5. The summed E-state index contributed by atoms with van der Waals surface area (Å²) >= 11 is 0. The first kappa shape index (κ1) is 19.0. The minimum Gasteiger partial charge on any atom is -0.495 e. The van der Waals surface area contributed by atoms with E-state index in [0.717, 1.165) is 36.9 Å². The van der Waals surface area contributed by atoms with E-state index in [4.69, 9.17) is 9.47 Å². The number of ether oxygens (including phenoxy) is 2. The molecule has 1 aliphatic rings. The number of nitrogens with one attached hydrogen (secondary N) is 2. The summed E-state index contributed by atoms with van der Waals surface area (Å²) in [5.41, 5.74) is 2.90. The molecule has 2 N–H and O–H groups in total. The highest BCUT2D eigenvalue weighted by molar-refractivity contribution is 5.92. The van der Waals surface area contributed by atoms with Crippen molar-refractivity contribution in [1.29, 1.82) is 0 Å². The average molecular weight is 395 g/mol. The molecule has 1 aliphatic carbocycles. The van der Waals surface area contributed by atoms with Crippen LogP contribution in [0.1, 0.15) is 32.1 Å². The van der Waals surface area contributed by atoms with Crippen molar-refractivity contribution in [1.82, 2.24) is 19.9 Å². The zero-order valence-electron chi connectivity index (χ0n) is 16.6. The first-order valence-corrected chi connectivity index (χ1v) is 9.82.